The Balaban J connectivity index is 0.584. The highest BCUT2D eigenvalue weighted by Crippen LogP contribution is 2.39. The molecule has 4 atom stereocenters. The maximum atomic E-state index is 14.4. The number of anilines is 1. The first-order chi connectivity index (χ1) is 37.7. The molecule has 1 aliphatic carbocycles. The van der Waals surface area contributed by atoms with Crippen LogP contribution in [0.3, 0.4) is 0 Å². The van der Waals surface area contributed by atoms with Crippen molar-refractivity contribution in [2.24, 2.45) is 23.5 Å². The number of aliphatic hydroxyl groups excluding tert-OH is 1. The highest BCUT2D eigenvalue weighted by Gasteiger charge is 2.45. The van der Waals surface area contributed by atoms with Gasteiger partial charge in [0.25, 0.3) is 0 Å². The van der Waals surface area contributed by atoms with Crippen molar-refractivity contribution in [3.63, 3.8) is 0 Å². The van der Waals surface area contributed by atoms with Crippen molar-refractivity contribution in [1.82, 2.24) is 45.9 Å². The van der Waals surface area contributed by atoms with Crippen LogP contribution in [0.4, 0.5) is 5.82 Å². The molecule has 1 saturated carbocycles. The first kappa shape index (κ1) is 54.3. The Labute approximate surface area is 463 Å². The fourth-order valence-corrected chi connectivity index (χ4v) is 14.1. The van der Waals surface area contributed by atoms with Crippen molar-refractivity contribution in [3.05, 3.63) is 100 Å². The number of morpholine rings is 1. The van der Waals surface area contributed by atoms with E-state index in [4.69, 9.17) is 19.7 Å². The number of piperidine rings is 3. The first-order valence-electron chi connectivity index (χ1n) is 28.8. The molecule has 420 valence electrons. The van der Waals surface area contributed by atoms with Gasteiger partial charge in [-0.3, -0.25) is 25.3 Å². The van der Waals surface area contributed by atoms with Gasteiger partial charge >= 0.3 is 0 Å². The number of carbonyl (C=O) groups is 2. The Kier molecular flexibility index (Phi) is 16.4. The van der Waals surface area contributed by atoms with Crippen LogP contribution in [0.25, 0.3) is 16.1 Å². The Morgan fingerprint density at radius 1 is 0.897 bits per heavy atom. The molecular formula is C59H81N11O7S. The number of phenolic OH excluding ortho intramolecular Hbond substituents is 1. The van der Waals surface area contributed by atoms with E-state index in [1.165, 1.54) is 0 Å². The average molecular weight is 1090 g/mol. The minimum atomic E-state index is -0.796. The summed E-state index contributed by atoms with van der Waals surface area (Å²) >= 11 is 1.60. The van der Waals surface area contributed by atoms with Gasteiger partial charge in [0.1, 0.15) is 23.5 Å². The number of allylic oxidation sites excluding steroid dienone is 1. The van der Waals surface area contributed by atoms with Crippen LogP contribution < -0.4 is 26.8 Å². The third-order valence-electron chi connectivity index (χ3n) is 17.9. The Morgan fingerprint density at radius 3 is 2.36 bits per heavy atom. The largest absolute Gasteiger partial charge is 0.507 e. The van der Waals surface area contributed by atoms with Crippen LogP contribution in [0.1, 0.15) is 113 Å². The number of amides is 2. The molecule has 19 heteroatoms. The van der Waals surface area contributed by atoms with E-state index in [1.54, 1.807) is 22.3 Å². The lowest BCUT2D eigenvalue weighted by Crippen LogP contribution is -2.58. The van der Waals surface area contributed by atoms with E-state index in [-0.39, 0.29) is 48.1 Å². The van der Waals surface area contributed by atoms with Gasteiger partial charge in [-0.1, -0.05) is 55.4 Å². The summed E-state index contributed by atoms with van der Waals surface area (Å²) in [5.74, 6) is 2.06. The maximum absolute atomic E-state index is 14.4. The molecule has 6 fully saturated rings. The molecule has 0 bridgehead atoms. The van der Waals surface area contributed by atoms with E-state index in [1.807, 2.05) is 87.8 Å². The number of ether oxygens (including phenoxy) is 2. The quantitative estimate of drug-likeness (QED) is 0.0726. The fourth-order valence-electron chi connectivity index (χ4n) is 13.3. The standard InChI is InChI=1S/C59H81N11O7S/c1-37(2)54(58(74)70-34-44(71)29-50(70)57(73)62-38(3)42-9-11-43(12-10-42)55-39(4)61-36-78-55)52-31-53(65-77-52)69-21-13-40(14-22-69)32-66-19-15-45(16-20-66)76-46-27-41(28-46)33-67-25-26-75-59(35-67)17-23-68(24-18-59)49-30-48(63-64-56(49)60)47-7-5-6-8-51(47)72/h5-12,30-31,36-38,40-41,44-46,50,54,63-64,71-72H,13-29,32-35,60H2,1-4H3,(H,62,73)/t38-,41?,44+,46?,50-,54+/m0/s1. The number of aryl methyl sites for hydroxylation is 1. The molecule has 78 heavy (non-hydrogen) atoms. The molecule has 6 aliphatic heterocycles. The van der Waals surface area contributed by atoms with E-state index in [0.29, 0.717) is 35.6 Å². The zero-order valence-electron chi connectivity index (χ0n) is 45.9. The smallest absolute Gasteiger partial charge is 0.243 e. The lowest BCUT2D eigenvalue weighted by molar-refractivity contribution is -0.144. The van der Waals surface area contributed by atoms with Crippen LogP contribution in [-0.4, -0.2) is 160 Å². The molecule has 2 amide bonds. The van der Waals surface area contributed by atoms with E-state index < -0.39 is 18.1 Å². The van der Waals surface area contributed by atoms with Gasteiger partial charge in [-0.05, 0) is 112 Å². The lowest BCUT2D eigenvalue weighted by atomic mass is 9.81. The Morgan fingerprint density at radius 2 is 1.64 bits per heavy atom. The Bertz CT molecular complexity index is 2770. The van der Waals surface area contributed by atoms with Crippen molar-refractivity contribution in [1.29, 1.82) is 0 Å². The summed E-state index contributed by atoms with van der Waals surface area (Å²) in [4.78, 5) is 45.2. The summed E-state index contributed by atoms with van der Waals surface area (Å²) in [5.41, 5.74) is 19.9. The van der Waals surface area contributed by atoms with Crippen molar-refractivity contribution >= 4 is 34.7 Å². The number of thiazole rings is 1. The van der Waals surface area contributed by atoms with E-state index in [2.05, 4.69) is 45.9 Å². The molecule has 8 heterocycles. The number of rotatable bonds is 16. The number of para-hydroxylation sites is 1. The van der Waals surface area contributed by atoms with E-state index in [0.717, 1.165) is 168 Å². The normalized spacial score (nSPS) is 25.4. The number of hydrogen-bond donors (Lipinski definition) is 6. The number of nitrogens with two attached hydrogens (primary N) is 1. The van der Waals surface area contributed by atoms with E-state index >= 15 is 0 Å². The monoisotopic (exact) mass is 1090 g/mol. The molecule has 5 saturated heterocycles. The summed E-state index contributed by atoms with van der Waals surface area (Å²) < 4.78 is 19.2. The van der Waals surface area contributed by atoms with Crippen LogP contribution in [0.15, 0.2) is 82.2 Å². The van der Waals surface area contributed by atoms with Crippen LogP contribution in [-0.2, 0) is 19.1 Å². The topological polar surface area (TPSA) is 210 Å². The second-order valence-corrected chi connectivity index (χ2v) is 24.6. The van der Waals surface area contributed by atoms with Crippen molar-refractivity contribution in [2.75, 3.05) is 83.5 Å². The number of aliphatic hydroxyl groups is 1. The third-order valence-corrected chi connectivity index (χ3v) is 18.9. The number of hydrogen-bond acceptors (Lipinski definition) is 17. The predicted octanol–water partition coefficient (Wildman–Crippen LogP) is 6.31. The second kappa shape index (κ2) is 23.6. The van der Waals surface area contributed by atoms with Gasteiger partial charge in [-0.2, -0.15) is 0 Å². The van der Waals surface area contributed by atoms with Gasteiger partial charge in [0.2, 0.25) is 11.8 Å². The molecule has 0 unspecified atom stereocenters. The number of aromatic nitrogens is 2. The summed E-state index contributed by atoms with van der Waals surface area (Å²) in [5, 5.41) is 28.9. The number of nitrogens with one attached hydrogen (secondary N) is 3. The molecule has 11 rings (SSSR count). The van der Waals surface area contributed by atoms with Gasteiger partial charge in [0, 0.05) is 90.0 Å². The molecule has 4 aromatic rings. The molecule has 18 nitrogen and oxygen atoms in total. The van der Waals surface area contributed by atoms with Crippen LogP contribution in [0, 0.1) is 24.7 Å². The molecular weight excluding hydrogens is 1010 g/mol. The third kappa shape index (κ3) is 12.1. The molecule has 2 aromatic carbocycles. The number of hydrazine groups is 1. The summed E-state index contributed by atoms with van der Waals surface area (Å²) in [6, 6.07) is 16.3. The summed E-state index contributed by atoms with van der Waals surface area (Å²) in [6.07, 6.45) is 10.6. The number of aromatic hydroxyl groups is 1. The summed E-state index contributed by atoms with van der Waals surface area (Å²) in [7, 11) is 0. The molecule has 2 aromatic heterocycles. The average Bonchev–Trinajstić information content (AvgIpc) is 4.24. The second-order valence-electron chi connectivity index (χ2n) is 23.7. The SMILES string of the molecule is Cc1ncsc1-c1ccc([C@H](C)NC(=O)[C@@H]2C[C@@H](O)CN2C(=O)[C@@H](c2cc(N3CCC(CN4CCC(OC5CC(CN6CCOC7(CCN(C8=C(N)NNC(c9ccccc9O)=C8)CC7)C6)C5)CC4)CC3)no2)C(C)C)cc1. The minimum absolute atomic E-state index is 0.0918. The van der Waals surface area contributed by atoms with Gasteiger partial charge in [0.15, 0.2) is 11.6 Å². The van der Waals surface area contributed by atoms with Gasteiger partial charge in [0.05, 0.1) is 64.0 Å². The zero-order chi connectivity index (χ0) is 54.1. The Hall–Kier alpha value is -5.70. The maximum Gasteiger partial charge on any atom is 0.243 e. The molecule has 7 N–H and O–H groups in total. The number of benzene rings is 2. The fraction of sp³-hybridized carbons (Fsp3) is 0.593. The number of β-amino-alcohol motifs (C(OH)–C–C–N with tert-alkyl or cyclic N) is 1. The number of carbonyl (C=O) groups excluding carboxylic acids is 2. The summed E-state index contributed by atoms with van der Waals surface area (Å²) in [6.45, 7) is 18.6. The lowest BCUT2D eigenvalue weighted by Gasteiger charge is -2.50. The van der Waals surface area contributed by atoms with Crippen LogP contribution in [0.2, 0.25) is 0 Å². The zero-order valence-corrected chi connectivity index (χ0v) is 46.8. The van der Waals surface area contributed by atoms with Crippen molar-refractivity contribution in [2.45, 2.75) is 127 Å². The van der Waals surface area contributed by atoms with Gasteiger partial charge < -0.3 is 54.9 Å². The minimum Gasteiger partial charge on any atom is -0.507 e. The molecule has 0 radical (unpaired) electrons. The highest BCUT2D eigenvalue weighted by molar-refractivity contribution is 7.13. The van der Waals surface area contributed by atoms with Gasteiger partial charge in [-0.15, -0.1) is 11.3 Å². The predicted molar refractivity (Wildman–Crippen MR) is 301 cm³/mol. The molecule has 7 aliphatic rings. The number of phenols is 1. The van der Waals surface area contributed by atoms with Crippen LogP contribution in [0.5, 0.6) is 5.75 Å². The molecule has 1 spiro atoms. The van der Waals surface area contributed by atoms with Crippen LogP contribution >= 0.6 is 11.3 Å². The number of nitrogens with zero attached hydrogens (tertiary/aromatic N) is 7. The first-order valence-corrected chi connectivity index (χ1v) is 29.6. The number of likely N-dealkylation sites (tertiary alicyclic amines) is 3. The highest BCUT2D eigenvalue weighted by atomic mass is 32.1. The van der Waals surface area contributed by atoms with Crippen molar-refractivity contribution < 1.29 is 33.8 Å². The van der Waals surface area contributed by atoms with Crippen molar-refractivity contribution in [3.8, 4) is 16.2 Å². The van der Waals surface area contributed by atoms with E-state index in [9.17, 15) is 19.8 Å². The van der Waals surface area contributed by atoms with Gasteiger partial charge in [-0.25, -0.2) is 4.98 Å².